The van der Waals surface area contributed by atoms with Crippen LogP contribution in [0, 0.1) is 0 Å². The maximum Gasteiger partial charge on any atom is 0.315 e. The second-order valence-electron chi connectivity index (χ2n) is 4.11. The van der Waals surface area contributed by atoms with Crippen LogP contribution in [0.4, 0.5) is 9.18 Å². The summed E-state index contributed by atoms with van der Waals surface area (Å²) in [6, 6.07) is 5.53. The Hall–Kier alpha value is -1.29. The number of halogens is 2. The van der Waals surface area contributed by atoms with Gasteiger partial charge in [0.25, 0.3) is 0 Å². The lowest BCUT2D eigenvalue weighted by Gasteiger charge is -2.12. The highest BCUT2D eigenvalue weighted by Crippen LogP contribution is 2.25. The fourth-order valence-electron chi connectivity index (χ4n) is 2.09. The molecule has 0 aromatic heterocycles. The van der Waals surface area contributed by atoms with E-state index in [1.807, 2.05) is 18.2 Å². The van der Waals surface area contributed by atoms with E-state index in [0.29, 0.717) is 5.02 Å². The van der Waals surface area contributed by atoms with Crippen LogP contribution in [-0.4, -0.2) is 25.3 Å². The average molecular weight is 257 g/mol. The lowest BCUT2D eigenvalue weighted by molar-refractivity contribution is 0.236. The number of hydrogen-bond donors (Lipinski definition) is 2. The zero-order chi connectivity index (χ0) is 12.3. The van der Waals surface area contributed by atoms with Crippen LogP contribution in [0.15, 0.2) is 18.2 Å². The highest BCUT2D eigenvalue weighted by Gasteiger charge is 2.22. The predicted molar refractivity (Wildman–Crippen MR) is 65.2 cm³/mol. The molecule has 1 aliphatic carbocycles. The topological polar surface area (TPSA) is 41.1 Å². The molecule has 1 aromatic carbocycles. The summed E-state index contributed by atoms with van der Waals surface area (Å²) < 4.78 is 11.9. The van der Waals surface area contributed by atoms with Gasteiger partial charge in [0.15, 0.2) is 0 Å². The molecular weight excluding hydrogens is 243 g/mol. The zero-order valence-corrected chi connectivity index (χ0v) is 10.1. The first-order valence-electron chi connectivity index (χ1n) is 5.56. The van der Waals surface area contributed by atoms with Crippen molar-refractivity contribution in [2.24, 2.45) is 0 Å². The molecule has 5 heteroatoms. The standard InChI is InChI=1S/C12H14ClFN2O/c13-10-2-1-8-6-11(7-9(8)5-10)16-12(17)15-4-3-14/h1-2,5,11H,3-4,6-7H2,(H2,15,16,17). The van der Waals surface area contributed by atoms with E-state index in [9.17, 15) is 9.18 Å². The van der Waals surface area contributed by atoms with Gasteiger partial charge in [-0.3, -0.25) is 0 Å². The van der Waals surface area contributed by atoms with Crippen LogP contribution >= 0.6 is 11.6 Å². The van der Waals surface area contributed by atoms with Gasteiger partial charge in [0.1, 0.15) is 6.67 Å². The number of alkyl halides is 1. The second kappa shape index (κ2) is 5.36. The van der Waals surface area contributed by atoms with Crippen molar-refractivity contribution in [1.29, 1.82) is 0 Å². The predicted octanol–water partition coefficient (Wildman–Crippen LogP) is 2.08. The van der Waals surface area contributed by atoms with Crippen molar-refractivity contribution in [1.82, 2.24) is 10.6 Å². The van der Waals surface area contributed by atoms with E-state index >= 15 is 0 Å². The van der Waals surface area contributed by atoms with Crippen LogP contribution in [0.5, 0.6) is 0 Å². The molecule has 2 amide bonds. The number of carbonyl (C=O) groups excluding carboxylic acids is 1. The van der Waals surface area contributed by atoms with Crippen molar-refractivity contribution in [3.63, 3.8) is 0 Å². The van der Waals surface area contributed by atoms with Gasteiger partial charge in [-0.15, -0.1) is 0 Å². The molecule has 1 atom stereocenters. The van der Waals surface area contributed by atoms with E-state index < -0.39 is 6.67 Å². The largest absolute Gasteiger partial charge is 0.336 e. The van der Waals surface area contributed by atoms with Gasteiger partial charge in [-0.05, 0) is 36.1 Å². The lowest BCUT2D eigenvalue weighted by atomic mass is 10.1. The van der Waals surface area contributed by atoms with Gasteiger partial charge < -0.3 is 10.6 Å². The summed E-state index contributed by atoms with van der Waals surface area (Å²) in [4.78, 5) is 11.4. The van der Waals surface area contributed by atoms with E-state index in [1.165, 1.54) is 11.1 Å². The van der Waals surface area contributed by atoms with Crippen LogP contribution < -0.4 is 10.6 Å². The SMILES string of the molecule is O=C(NCCF)NC1Cc2ccc(Cl)cc2C1. The molecule has 0 radical (unpaired) electrons. The number of fused-ring (bicyclic) bond motifs is 1. The van der Waals surface area contributed by atoms with E-state index in [4.69, 9.17) is 11.6 Å². The monoisotopic (exact) mass is 256 g/mol. The van der Waals surface area contributed by atoms with E-state index in [2.05, 4.69) is 10.6 Å². The molecule has 1 aromatic rings. The average Bonchev–Trinajstić information content (AvgIpc) is 2.67. The van der Waals surface area contributed by atoms with Crippen LogP contribution in [-0.2, 0) is 12.8 Å². The third-order valence-electron chi connectivity index (χ3n) is 2.82. The number of carbonyl (C=O) groups is 1. The van der Waals surface area contributed by atoms with Crippen molar-refractivity contribution >= 4 is 17.6 Å². The summed E-state index contributed by atoms with van der Waals surface area (Å²) >= 11 is 5.90. The van der Waals surface area contributed by atoms with Gasteiger partial charge in [0, 0.05) is 17.6 Å². The quantitative estimate of drug-likeness (QED) is 0.854. The Kier molecular flexibility index (Phi) is 3.84. The lowest BCUT2D eigenvalue weighted by Crippen LogP contribution is -2.43. The van der Waals surface area contributed by atoms with Crippen molar-refractivity contribution in [3.8, 4) is 0 Å². The Morgan fingerprint density at radius 1 is 1.41 bits per heavy atom. The van der Waals surface area contributed by atoms with Crippen molar-refractivity contribution in [3.05, 3.63) is 34.3 Å². The molecule has 17 heavy (non-hydrogen) atoms. The van der Waals surface area contributed by atoms with Gasteiger partial charge in [0.05, 0.1) is 0 Å². The summed E-state index contributed by atoms with van der Waals surface area (Å²) in [5.41, 5.74) is 2.39. The van der Waals surface area contributed by atoms with Crippen LogP contribution in [0.2, 0.25) is 5.02 Å². The Balaban J connectivity index is 1.89. The van der Waals surface area contributed by atoms with Crippen molar-refractivity contribution in [2.45, 2.75) is 18.9 Å². The molecular formula is C12H14ClFN2O. The number of hydrogen-bond acceptors (Lipinski definition) is 1. The first kappa shape index (κ1) is 12.2. The van der Waals surface area contributed by atoms with Crippen LogP contribution in [0.25, 0.3) is 0 Å². The molecule has 2 rings (SSSR count). The molecule has 0 aliphatic heterocycles. The van der Waals surface area contributed by atoms with E-state index in [1.54, 1.807) is 0 Å². The van der Waals surface area contributed by atoms with Crippen LogP contribution in [0.1, 0.15) is 11.1 Å². The summed E-state index contributed by atoms with van der Waals surface area (Å²) in [5, 5.41) is 5.98. The second-order valence-corrected chi connectivity index (χ2v) is 4.54. The Morgan fingerprint density at radius 3 is 2.94 bits per heavy atom. The number of urea groups is 1. The Morgan fingerprint density at radius 2 is 2.18 bits per heavy atom. The molecule has 1 unspecified atom stereocenters. The minimum absolute atomic E-state index is 0.0529. The highest BCUT2D eigenvalue weighted by molar-refractivity contribution is 6.30. The normalized spacial score (nSPS) is 17.6. The highest BCUT2D eigenvalue weighted by atomic mass is 35.5. The third kappa shape index (κ3) is 3.09. The molecule has 0 heterocycles. The minimum atomic E-state index is -0.548. The van der Waals surface area contributed by atoms with Crippen LogP contribution in [0.3, 0.4) is 0 Å². The van der Waals surface area contributed by atoms with Gasteiger partial charge in [-0.1, -0.05) is 17.7 Å². The minimum Gasteiger partial charge on any atom is -0.336 e. The molecule has 0 saturated carbocycles. The maximum atomic E-state index is 11.9. The number of benzene rings is 1. The summed E-state index contributed by atoms with van der Waals surface area (Å²) in [6.45, 7) is -0.495. The van der Waals surface area contributed by atoms with Gasteiger partial charge in [-0.25, -0.2) is 9.18 Å². The van der Waals surface area contributed by atoms with E-state index in [0.717, 1.165) is 12.8 Å². The number of amides is 2. The van der Waals surface area contributed by atoms with Gasteiger partial charge in [0.2, 0.25) is 0 Å². The molecule has 1 aliphatic rings. The van der Waals surface area contributed by atoms with E-state index in [-0.39, 0.29) is 18.6 Å². The zero-order valence-electron chi connectivity index (χ0n) is 9.30. The molecule has 0 saturated heterocycles. The van der Waals surface area contributed by atoms with Gasteiger partial charge >= 0.3 is 6.03 Å². The number of rotatable bonds is 3. The molecule has 0 bridgehead atoms. The fourth-order valence-corrected chi connectivity index (χ4v) is 2.28. The molecule has 3 nitrogen and oxygen atoms in total. The summed E-state index contributed by atoms with van der Waals surface area (Å²) in [7, 11) is 0. The first-order chi connectivity index (χ1) is 8.19. The Bertz CT molecular complexity index is 425. The third-order valence-corrected chi connectivity index (χ3v) is 3.05. The van der Waals surface area contributed by atoms with Crippen molar-refractivity contribution < 1.29 is 9.18 Å². The molecule has 2 N–H and O–H groups in total. The summed E-state index contributed by atoms with van der Waals surface area (Å²) in [5.74, 6) is 0. The Labute approximate surface area is 104 Å². The van der Waals surface area contributed by atoms with Gasteiger partial charge in [-0.2, -0.15) is 0 Å². The smallest absolute Gasteiger partial charge is 0.315 e. The number of nitrogens with one attached hydrogen (secondary N) is 2. The molecule has 0 spiro atoms. The summed E-state index contributed by atoms with van der Waals surface area (Å²) in [6.07, 6.45) is 1.58. The van der Waals surface area contributed by atoms with Crippen molar-refractivity contribution in [2.75, 3.05) is 13.2 Å². The molecule has 0 fully saturated rings. The first-order valence-corrected chi connectivity index (χ1v) is 5.94. The fraction of sp³-hybridized carbons (Fsp3) is 0.417. The molecule has 92 valence electrons. The maximum absolute atomic E-state index is 11.9.